The Kier molecular flexibility index (Phi) is 4.46. The van der Waals surface area contributed by atoms with E-state index in [0.717, 1.165) is 16.8 Å². The summed E-state index contributed by atoms with van der Waals surface area (Å²) in [5.41, 5.74) is 8.87. The van der Waals surface area contributed by atoms with Crippen molar-refractivity contribution in [1.29, 1.82) is 0 Å². The number of pyridine rings is 1. The second kappa shape index (κ2) is 6.95. The van der Waals surface area contributed by atoms with Gasteiger partial charge in [0, 0.05) is 37.1 Å². The van der Waals surface area contributed by atoms with Crippen LogP contribution in [0.25, 0.3) is 5.69 Å². The van der Waals surface area contributed by atoms with Gasteiger partial charge in [0.05, 0.1) is 5.69 Å². The SMILES string of the molecule is Cc1cc(N)n(CC(=O)N2CCc3cc(=O)n(-c4ccc(F)cc4)cc3C2)n1. The number of hydrogen-bond donors (Lipinski definition) is 1. The number of rotatable bonds is 3. The van der Waals surface area contributed by atoms with Gasteiger partial charge in [0.25, 0.3) is 5.56 Å². The van der Waals surface area contributed by atoms with Crippen LogP contribution in [0.1, 0.15) is 16.8 Å². The number of hydrogen-bond acceptors (Lipinski definition) is 4. The highest BCUT2D eigenvalue weighted by atomic mass is 19.1. The number of carbonyl (C=O) groups is 1. The van der Waals surface area contributed by atoms with Gasteiger partial charge in [-0.05, 0) is 48.7 Å². The Bertz CT molecular complexity index is 1100. The fourth-order valence-electron chi connectivity index (χ4n) is 3.47. The summed E-state index contributed by atoms with van der Waals surface area (Å²) in [5.74, 6) is 0.00746. The van der Waals surface area contributed by atoms with Crippen molar-refractivity contribution in [3.8, 4) is 5.69 Å². The Morgan fingerprint density at radius 3 is 2.64 bits per heavy atom. The maximum atomic E-state index is 13.2. The zero-order valence-corrected chi connectivity index (χ0v) is 15.4. The molecule has 7 nitrogen and oxygen atoms in total. The molecule has 1 amide bonds. The first-order valence-corrected chi connectivity index (χ1v) is 8.99. The molecular formula is C20H20FN5O2. The van der Waals surface area contributed by atoms with E-state index in [1.165, 1.54) is 21.4 Å². The molecule has 0 saturated carbocycles. The Morgan fingerprint density at radius 2 is 1.96 bits per heavy atom. The van der Waals surface area contributed by atoms with Crippen molar-refractivity contribution in [3.05, 3.63) is 75.6 Å². The number of nitrogens with zero attached hydrogens (tertiary/aromatic N) is 4. The Labute approximate surface area is 160 Å². The monoisotopic (exact) mass is 381 g/mol. The number of nitrogens with two attached hydrogens (primary N) is 1. The molecular weight excluding hydrogens is 361 g/mol. The van der Waals surface area contributed by atoms with Gasteiger partial charge < -0.3 is 10.6 Å². The van der Waals surface area contributed by atoms with Crippen LogP contribution < -0.4 is 11.3 Å². The summed E-state index contributed by atoms with van der Waals surface area (Å²) in [4.78, 5) is 26.9. The van der Waals surface area contributed by atoms with E-state index in [-0.39, 0.29) is 23.8 Å². The van der Waals surface area contributed by atoms with E-state index < -0.39 is 0 Å². The molecule has 2 aromatic heterocycles. The Hall–Kier alpha value is -3.42. The van der Waals surface area contributed by atoms with Crippen LogP contribution >= 0.6 is 0 Å². The molecule has 0 fully saturated rings. The molecule has 0 unspecified atom stereocenters. The van der Waals surface area contributed by atoms with Crippen LogP contribution in [0, 0.1) is 12.7 Å². The fraction of sp³-hybridized carbons (Fsp3) is 0.250. The molecule has 1 aliphatic heterocycles. The number of anilines is 1. The number of halogens is 1. The number of carbonyl (C=O) groups excluding carboxylic acids is 1. The van der Waals surface area contributed by atoms with Crippen molar-refractivity contribution in [2.45, 2.75) is 26.4 Å². The second-order valence-electron chi connectivity index (χ2n) is 6.94. The van der Waals surface area contributed by atoms with Crippen molar-refractivity contribution in [2.75, 3.05) is 12.3 Å². The minimum absolute atomic E-state index is 0.0760. The van der Waals surface area contributed by atoms with Gasteiger partial charge in [-0.15, -0.1) is 0 Å². The van der Waals surface area contributed by atoms with Crippen LogP contribution in [0.5, 0.6) is 0 Å². The maximum absolute atomic E-state index is 13.2. The normalized spacial score (nSPS) is 13.4. The lowest BCUT2D eigenvalue weighted by Gasteiger charge is -2.29. The zero-order chi connectivity index (χ0) is 19.8. The molecule has 1 aliphatic rings. The predicted octanol–water partition coefficient (Wildman–Crippen LogP) is 1.65. The topological polar surface area (TPSA) is 86.1 Å². The van der Waals surface area contributed by atoms with E-state index in [2.05, 4.69) is 5.10 Å². The van der Waals surface area contributed by atoms with Gasteiger partial charge >= 0.3 is 0 Å². The van der Waals surface area contributed by atoms with Crippen LogP contribution in [-0.2, 0) is 24.3 Å². The summed E-state index contributed by atoms with van der Waals surface area (Å²) in [5, 5.41) is 4.23. The highest BCUT2D eigenvalue weighted by Crippen LogP contribution is 2.19. The lowest BCUT2D eigenvalue weighted by Crippen LogP contribution is -2.39. The van der Waals surface area contributed by atoms with Gasteiger partial charge in [-0.25, -0.2) is 9.07 Å². The van der Waals surface area contributed by atoms with Crippen LogP contribution in [0.15, 0.2) is 47.4 Å². The summed E-state index contributed by atoms with van der Waals surface area (Å²) >= 11 is 0. The zero-order valence-electron chi connectivity index (χ0n) is 15.4. The number of aromatic nitrogens is 3. The van der Waals surface area contributed by atoms with Crippen LogP contribution in [0.4, 0.5) is 10.2 Å². The van der Waals surface area contributed by atoms with Gasteiger partial charge in [0.2, 0.25) is 5.91 Å². The molecule has 1 aromatic carbocycles. The van der Waals surface area contributed by atoms with Crippen molar-refractivity contribution in [2.24, 2.45) is 0 Å². The number of aryl methyl sites for hydroxylation is 1. The summed E-state index contributed by atoms with van der Waals surface area (Å²) in [6, 6.07) is 9.05. The molecule has 3 heterocycles. The molecule has 0 spiro atoms. The number of fused-ring (bicyclic) bond motifs is 1. The Morgan fingerprint density at radius 1 is 1.21 bits per heavy atom. The number of nitrogen functional groups attached to an aromatic ring is 1. The molecule has 0 radical (unpaired) electrons. The number of benzene rings is 1. The van der Waals surface area contributed by atoms with Crippen LogP contribution in [0.2, 0.25) is 0 Å². The third-order valence-corrected chi connectivity index (χ3v) is 4.92. The van der Waals surface area contributed by atoms with E-state index in [4.69, 9.17) is 5.73 Å². The summed E-state index contributed by atoms with van der Waals surface area (Å²) < 4.78 is 16.1. The summed E-state index contributed by atoms with van der Waals surface area (Å²) in [7, 11) is 0. The largest absolute Gasteiger partial charge is 0.384 e. The summed E-state index contributed by atoms with van der Waals surface area (Å²) in [6.45, 7) is 2.83. The lowest BCUT2D eigenvalue weighted by atomic mass is 10.0. The third kappa shape index (κ3) is 3.40. The lowest BCUT2D eigenvalue weighted by molar-refractivity contribution is -0.132. The molecule has 0 saturated heterocycles. The van der Waals surface area contributed by atoms with E-state index in [0.29, 0.717) is 31.0 Å². The highest BCUT2D eigenvalue weighted by molar-refractivity contribution is 5.76. The number of amides is 1. The molecule has 8 heteroatoms. The minimum atomic E-state index is -0.361. The standard InChI is InChI=1S/C20H20FN5O2/c1-13-8-18(22)26(23-13)12-20(28)24-7-6-14-9-19(27)25(11-15(14)10-24)17-4-2-16(21)3-5-17/h2-5,8-9,11H,6-7,10,12,22H2,1H3. The highest BCUT2D eigenvalue weighted by Gasteiger charge is 2.23. The molecule has 2 N–H and O–H groups in total. The van der Waals surface area contributed by atoms with E-state index in [1.807, 2.05) is 6.92 Å². The van der Waals surface area contributed by atoms with Crippen LogP contribution in [-0.4, -0.2) is 31.7 Å². The first-order chi connectivity index (χ1) is 13.4. The maximum Gasteiger partial charge on any atom is 0.255 e. The van der Waals surface area contributed by atoms with Crippen molar-refractivity contribution >= 4 is 11.7 Å². The first kappa shape index (κ1) is 18.0. The first-order valence-electron chi connectivity index (χ1n) is 8.99. The molecule has 28 heavy (non-hydrogen) atoms. The minimum Gasteiger partial charge on any atom is -0.384 e. The van der Waals surface area contributed by atoms with Crippen molar-refractivity contribution in [3.63, 3.8) is 0 Å². The van der Waals surface area contributed by atoms with E-state index >= 15 is 0 Å². The average molecular weight is 381 g/mol. The molecule has 4 rings (SSSR count). The van der Waals surface area contributed by atoms with Crippen LogP contribution in [0.3, 0.4) is 0 Å². The molecule has 0 aliphatic carbocycles. The fourth-order valence-corrected chi connectivity index (χ4v) is 3.47. The van der Waals surface area contributed by atoms with Gasteiger partial charge in [0.15, 0.2) is 0 Å². The molecule has 0 atom stereocenters. The van der Waals surface area contributed by atoms with Gasteiger partial charge in [-0.1, -0.05) is 0 Å². The van der Waals surface area contributed by atoms with Gasteiger partial charge in [-0.3, -0.25) is 14.2 Å². The average Bonchev–Trinajstić information content (AvgIpc) is 2.98. The second-order valence-corrected chi connectivity index (χ2v) is 6.94. The van der Waals surface area contributed by atoms with E-state index in [1.54, 1.807) is 35.4 Å². The third-order valence-electron chi connectivity index (χ3n) is 4.92. The quantitative estimate of drug-likeness (QED) is 0.747. The van der Waals surface area contributed by atoms with Gasteiger partial charge in [-0.2, -0.15) is 5.10 Å². The molecule has 0 bridgehead atoms. The van der Waals surface area contributed by atoms with Crippen molar-refractivity contribution < 1.29 is 9.18 Å². The van der Waals surface area contributed by atoms with Gasteiger partial charge in [0.1, 0.15) is 18.2 Å². The predicted molar refractivity (Wildman–Crippen MR) is 102 cm³/mol. The smallest absolute Gasteiger partial charge is 0.255 e. The molecule has 144 valence electrons. The van der Waals surface area contributed by atoms with Crippen molar-refractivity contribution in [1.82, 2.24) is 19.2 Å². The Balaban J connectivity index is 1.58. The van der Waals surface area contributed by atoms with E-state index in [9.17, 15) is 14.0 Å². The summed E-state index contributed by atoms with van der Waals surface area (Å²) in [6.07, 6.45) is 2.34. The molecule has 3 aromatic rings.